The van der Waals surface area contributed by atoms with Crippen molar-refractivity contribution in [2.24, 2.45) is 0 Å². The van der Waals surface area contributed by atoms with Crippen LogP contribution in [0.25, 0.3) is 16.7 Å². The molecule has 0 saturated carbocycles. The zero-order valence-electron chi connectivity index (χ0n) is 14.5. The van der Waals surface area contributed by atoms with Crippen molar-refractivity contribution in [3.05, 3.63) is 52.7 Å². The summed E-state index contributed by atoms with van der Waals surface area (Å²) in [5.41, 5.74) is 2.12. The summed E-state index contributed by atoms with van der Waals surface area (Å²) in [6.45, 7) is 5.83. The smallest absolute Gasteiger partial charge is 0.329 e. The van der Waals surface area contributed by atoms with Crippen molar-refractivity contribution in [1.29, 1.82) is 0 Å². The third-order valence-corrected chi connectivity index (χ3v) is 4.07. The summed E-state index contributed by atoms with van der Waals surface area (Å²) in [5, 5.41) is 4.65. The lowest BCUT2D eigenvalue weighted by atomic mass is 10.2. The van der Waals surface area contributed by atoms with Crippen LogP contribution in [0, 0.1) is 6.92 Å². The molecule has 7 nitrogen and oxygen atoms in total. The van der Waals surface area contributed by atoms with E-state index in [2.05, 4.69) is 10.1 Å². The topological polar surface area (TPSA) is 79.0 Å². The minimum absolute atomic E-state index is 0.269. The Kier molecular flexibility index (Phi) is 4.65. The third kappa shape index (κ3) is 3.05. The molecule has 0 unspecified atom stereocenters. The zero-order valence-corrected chi connectivity index (χ0v) is 14.5. The van der Waals surface area contributed by atoms with Gasteiger partial charge in [-0.05, 0) is 32.4 Å². The van der Waals surface area contributed by atoms with Gasteiger partial charge in [0.2, 0.25) is 0 Å². The van der Waals surface area contributed by atoms with E-state index in [4.69, 9.17) is 4.74 Å². The molecule has 25 heavy (non-hydrogen) atoms. The average Bonchev–Trinajstić information content (AvgIpc) is 3.03. The van der Waals surface area contributed by atoms with Gasteiger partial charge < -0.3 is 4.74 Å². The standard InChI is InChI=1S/C18H20N4O3/c1-4-15(18(24)25-5-2)21-11-19-16-14(17(21)23)10-20-22(16)13-8-6-12(3)7-9-13/h6-11,15H,4-5H2,1-3H3/t15-/m0/s1. The van der Waals surface area contributed by atoms with Gasteiger partial charge >= 0.3 is 5.97 Å². The van der Waals surface area contributed by atoms with Crippen LogP contribution in [-0.4, -0.2) is 31.9 Å². The van der Waals surface area contributed by atoms with Crippen molar-refractivity contribution in [2.45, 2.75) is 33.2 Å². The maximum Gasteiger partial charge on any atom is 0.329 e. The first-order valence-corrected chi connectivity index (χ1v) is 8.25. The highest BCUT2D eigenvalue weighted by Gasteiger charge is 2.23. The molecule has 0 aliphatic rings. The van der Waals surface area contributed by atoms with E-state index in [1.807, 2.05) is 38.1 Å². The van der Waals surface area contributed by atoms with Crippen molar-refractivity contribution in [3.8, 4) is 5.69 Å². The van der Waals surface area contributed by atoms with Crippen LogP contribution in [-0.2, 0) is 9.53 Å². The van der Waals surface area contributed by atoms with Crippen LogP contribution in [0.1, 0.15) is 31.9 Å². The van der Waals surface area contributed by atoms with Crippen molar-refractivity contribution in [3.63, 3.8) is 0 Å². The highest BCUT2D eigenvalue weighted by Crippen LogP contribution is 2.16. The van der Waals surface area contributed by atoms with Crippen LogP contribution in [0.5, 0.6) is 0 Å². The first kappa shape index (κ1) is 16.9. The summed E-state index contributed by atoms with van der Waals surface area (Å²) >= 11 is 0. The average molecular weight is 340 g/mol. The molecule has 0 bridgehead atoms. The number of nitrogens with zero attached hydrogens (tertiary/aromatic N) is 4. The molecule has 0 spiro atoms. The Morgan fingerprint density at radius 1 is 1.24 bits per heavy atom. The summed E-state index contributed by atoms with van der Waals surface area (Å²) in [7, 11) is 0. The number of rotatable bonds is 5. The van der Waals surface area contributed by atoms with Crippen molar-refractivity contribution >= 4 is 17.0 Å². The predicted octanol–water partition coefficient (Wildman–Crippen LogP) is 2.40. The first-order valence-electron chi connectivity index (χ1n) is 8.25. The van der Waals surface area contributed by atoms with E-state index in [-0.39, 0.29) is 12.2 Å². The Morgan fingerprint density at radius 3 is 2.60 bits per heavy atom. The Labute approximate surface area is 144 Å². The van der Waals surface area contributed by atoms with Gasteiger partial charge in [0.25, 0.3) is 5.56 Å². The maximum atomic E-state index is 12.8. The molecular formula is C18H20N4O3. The Bertz CT molecular complexity index is 957. The molecule has 130 valence electrons. The van der Waals surface area contributed by atoms with Gasteiger partial charge in [-0.25, -0.2) is 14.5 Å². The number of hydrogen-bond donors (Lipinski definition) is 0. The molecule has 7 heteroatoms. The number of ether oxygens (including phenoxy) is 1. The van der Waals surface area contributed by atoms with Gasteiger partial charge in [-0.1, -0.05) is 24.6 Å². The molecular weight excluding hydrogens is 320 g/mol. The lowest BCUT2D eigenvalue weighted by Crippen LogP contribution is -2.31. The molecule has 0 radical (unpaired) electrons. The van der Waals surface area contributed by atoms with E-state index < -0.39 is 12.0 Å². The second-order valence-electron chi connectivity index (χ2n) is 5.76. The van der Waals surface area contributed by atoms with Crippen LogP contribution >= 0.6 is 0 Å². The van der Waals surface area contributed by atoms with Crippen LogP contribution < -0.4 is 5.56 Å². The van der Waals surface area contributed by atoms with E-state index in [0.29, 0.717) is 17.5 Å². The van der Waals surface area contributed by atoms with Gasteiger partial charge in [-0.3, -0.25) is 9.36 Å². The second-order valence-corrected chi connectivity index (χ2v) is 5.76. The van der Waals surface area contributed by atoms with Crippen molar-refractivity contribution in [2.75, 3.05) is 6.61 Å². The predicted molar refractivity (Wildman–Crippen MR) is 93.8 cm³/mol. The summed E-state index contributed by atoms with van der Waals surface area (Å²) in [5.74, 6) is -0.431. The zero-order chi connectivity index (χ0) is 18.0. The summed E-state index contributed by atoms with van der Waals surface area (Å²) in [6.07, 6.45) is 3.32. The molecule has 1 aromatic carbocycles. The summed E-state index contributed by atoms with van der Waals surface area (Å²) in [6, 6.07) is 7.09. The molecule has 0 aliphatic carbocycles. The Morgan fingerprint density at radius 2 is 1.96 bits per heavy atom. The molecule has 3 rings (SSSR count). The van der Waals surface area contributed by atoms with E-state index in [1.165, 1.54) is 17.1 Å². The third-order valence-electron chi connectivity index (χ3n) is 4.07. The Balaban J connectivity index is 2.09. The van der Waals surface area contributed by atoms with E-state index in [0.717, 1.165) is 11.3 Å². The largest absolute Gasteiger partial charge is 0.464 e. The minimum atomic E-state index is -0.688. The monoisotopic (exact) mass is 340 g/mol. The number of carbonyl (C=O) groups is 1. The van der Waals surface area contributed by atoms with Gasteiger partial charge in [-0.15, -0.1) is 0 Å². The lowest BCUT2D eigenvalue weighted by Gasteiger charge is -2.16. The summed E-state index contributed by atoms with van der Waals surface area (Å²) < 4.78 is 7.99. The molecule has 0 aliphatic heterocycles. The quantitative estimate of drug-likeness (QED) is 0.666. The van der Waals surface area contributed by atoms with Gasteiger partial charge in [-0.2, -0.15) is 5.10 Å². The molecule has 0 saturated heterocycles. The normalized spacial score (nSPS) is 12.3. The number of benzene rings is 1. The van der Waals surface area contributed by atoms with E-state index in [9.17, 15) is 9.59 Å². The molecule has 0 N–H and O–H groups in total. The molecule has 1 atom stereocenters. The second kappa shape index (κ2) is 6.88. The summed E-state index contributed by atoms with van der Waals surface area (Å²) in [4.78, 5) is 29.3. The fourth-order valence-electron chi connectivity index (χ4n) is 2.74. The molecule has 0 amide bonds. The van der Waals surface area contributed by atoms with E-state index >= 15 is 0 Å². The molecule has 3 aromatic rings. The minimum Gasteiger partial charge on any atom is -0.464 e. The van der Waals surface area contributed by atoms with Crippen molar-refractivity contribution in [1.82, 2.24) is 19.3 Å². The van der Waals surface area contributed by atoms with Gasteiger partial charge in [0.1, 0.15) is 17.8 Å². The SMILES string of the molecule is CCOC(=O)[C@H](CC)n1cnc2c(cnn2-c2ccc(C)cc2)c1=O. The maximum absolute atomic E-state index is 12.8. The van der Waals surface area contributed by atoms with Crippen LogP contribution in [0.4, 0.5) is 0 Å². The van der Waals surface area contributed by atoms with Crippen LogP contribution in [0.2, 0.25) is 0 Å². The number of aryl methyl sites for hydroxylation is 1. The number of esters is 1. The van der Waals surface area contributed by atoms with Crippen LogP contribution in [0.3, 0.4) is 0 Å². The van der Waals surface area contributed by atoms with E-state index in [1.54, 1.807) is 11.6 Å². The van der Waals surface area contributed by atoms with Gasteiger partial charge in [0.15, 0.2) is 5.65 Å². The number of fused-ring (bicyclic) bond motifs is 1. The fourth-order valence-corrected chi connectivity index (χ4v) is 2.74. The number of aromatic nitrogens is 4. The fraction of sp³-hybridized carbons (Fsp3) is 0.333. The highest BCUT2D eigenvalue weighted by molar-refractivity contribution is 5.77. The van der Waals surface area contributed by atoms with Gasteiger partial charge in [0, 0.05) is 0 Å². The molecule has 2 heterocycles. The van der Waals surface area contributed by atoms with Crippen molar-refractivity contribution < 1.29 is 9.53 Å². The number of hydrogen-bond acceptors (Lipinski definition) is 5. The number of carbonyl (C=O) groups excluding carboxylic acids is 1. The highest BCUT2D eigenvalue weighted by atomic mass is 16.5. The molecule has 2 aromatic heterocycles. The Hall–Kier alpha value is -2.96. The van der Waals surface area contributed by atoms with Gasteiger partial charge in [0.05, 0.1) is 18.5 Å². The molecule has 0 fully saturated rings. The first-order chi connectivity index (χ1) is 12.1. The van der Waals surface area contributed by atoms with Crippen LogP contribution in [0.15, 0.2) is 41.6 Å². The lowest BCUT2D eigenvalue weighted by molar-refractivity contribution is -0.147.